The third kappa shape index (κ3) is 3.11. The molecule has 6 nitrogen and oxygen atoms in total. The van der Waals surface area contributed by atoms with E-state index in [-0.39, 0.29) is 22.9 Å². The number of nitrogens with zero attached hydrogens (tertiary/aromatic N) is 2. The van der Waals surface area contributed by atoms with E-state index in [0.29, 0.717) is 29.0 Å². The average molecular weight is 434 g/mol. The van der Waals surface area contributed by atoms with E-state index < -0.39 is 0 Å². The number of pyridine rings is 1. The number of benzene rings is 1. The molecule has 0 radical (unpaired) electrons. The van der Waals surface area contributed by atoms with Crippen LogP contribution in [0.1, 0.15) is 48.9 Å². The van der Waals surface area contributed by atoms with Crippen molar-refractivity contribution in [2.24, 2.45) is 11.8 Å². The summed E-state index contributed by atoms with van der Waals surface area (Å²) in [5.41, 5.74) is 2.18. The predicted molar refractivity (Wildman–Crippen MR) is 124 cm³/mol. The molecule has 4 atom stereocenters. The quantitative estimate of drug-likeness (QED) is 0.736. The van der Waals surface area contributed by atoms with E-state index in [1.165, 1.54) is 37.8 Å². The lowest BCUT2D eigenvalue weighted by Crippen LogP contribution is -2.60. The number of ether oxygens (including phenoxy) is 1. The minimum atomic E-state index is -0.216. The van der Waals surface area contributed by atoms with Gasteiger partial charge in [-0.15, -0.1) is 0 Å². The molecule has 1 aliphatic carbocycles. The Kier molecular flexibility index (Phi) is 4.86. The molecule has 32 heavy (non-hydrogen) atoms. The molecule has 1 aromatic carbocycles. The fourth-order valence-electron chi connectivity index (χ4n) is 6.84. The molecular formula is C26H31N3O3. The van der Waals surface area contributed by atoms with Gasteiger partial charge in [-0.2, -0.15) is 0 Å². The summed E-state index contributed by atoms with van der Waals surface area (Å²) in [6.45, 7) is 2.99. The van der Waals surface area contributed by atoms with Gasteiger partial charge in [0.1, 0.15) is 11.3 Å². The van der Waals surface area contributed by atoms with Crippen molar-refractivity contribution in [3.05, 3.63) is 51.8 Å². The molecule has 1 aromatic heterocycles. The van der Waals surface area contributed by atoms with E-state index in [9.17, 15) is 9.59 Å². The lowest BCUT2D eigenvalue weighted by atomic mass is 9.68. The first-order chi connectivity index (χ1) is 15.6. The monoisotopic (exact) mass is 433 g/mol. The SMILES string of the molecule is COc1ccc2[nH]cc(C(=O)N3CCCC4=C[C@@H]5C[C@@H](CN6CCCC[C@H]56)[C@@H]43)c(=O)c2c1. The highest BCUT2D eigenvalue weighted by atomic mass is 16.5. The Morgan fingerprint density at radius 3 is 2.97 bits per heavy atom. The Labute approximate surface area is 188 Å². The Hall–Kier alpha value is -2.60. The number of H-pyrrole nitrogens is 1. The van der Waals surface area contributed by atoms with Crippen LogP contribution in [-0.4, -0.2) is 59.5 Å². The van der Waals surface area contributed by atoms with Gasteiger partial charge in [0.2, 0.25) is 5.43 Å². The molecule has 2 bridgehead atoms. The van der Waals surface area contributed by atoms with Crippen LogP contribution in [0.2, 0.25) is 0 Å². The molecule has 1 N–H and O–H groups in total. The third-order valence-electron chi connectivity index (χ3n) is 8.24. The fourth-order valence-corrected chi connectivity index (χ4v) is 6.84. The first-order valence-electron chi connectivity index (χ1n) is 12.1. The number of piperidine rings is 3. The van der Waals surface area contributed by atoms with Gasteiger partial charge in [0.25, 0.3) is 5.91 Å². The number of hydrogen-bond donors (Lipinski definition) is 1. The Balaban J connectivity index is 1.36. The van der Waals surface area contributed by atoms with Crippen LogP contribution in [0, 0.1) is 11.8 Å². The zero-order valence-corrected chi connectivity index (χ0v) is 18.7. The highest BCUT2D eigenvalue weighted by Crippen LogP contribution is 2.45. The second-order valence-corrected chi connectivity index (χ2v) is 9.95. The van der Waals surface area contributed by atoms with Crippen LogP contribution in [-0.2, 0) is 0 Å². The number of aromatic amines is 1. The van der Waals surface area contributed by atoms with Gasteiger partial charge >= 0.3 is 0 Å². The second kappa shape index (κ2) is 7.77. The molecule has 4 aliphatic rings. The summed E-state index contributed by atoms with van der Waals surface area (Å²) >= 11 is 0. The van der Waals surface area contributed by atoms with Gasteiger partial charge in [-0.25, -0.2) is 0 Å². The van der Waals surface area contributed by atoms with Crippen molar-refractivity contribution >= 4 is 16.8 Å². The van der Waals surface area contributed by atoms with Gasteiger partial charge in [-0.1, -0.05) is 18.1 Å². The van der Waals surface area contributed by atoms with E-state index in [0.717, 1.165) is 31.4 Å². The van der Waals surface area contributed by atoms with E-state index in [1.54, 1.807) is 19.4 Å². The molecule has 0 saturated carbocycles. The van der Waals surface area contributed by atoms with Crippen molar-refractivity contribution < 1.29 is 9.53 Å². The topological polar surface area (TPSA) is 65.6 Å². The van der Waals surface area contributed by atoms with Crippen LogP contribution in [0.4, 0.5) is 0 Å². The van der Waals surface area contributed by atoms with Gasteiger partial charge in [0.15, 0.2) is 0 Å². The molecule has 2 aromatic rings. The number of carbonyl (C=O) groups is 1. The van der Waals surface area contributed by atoms with E-state index in [4.69, 9.17) is 4.74 Å². The van der Waals surface area contributed by atoms with Gasteiger partial charge in [0.05, 0.1) is 13.2 Å². The van der Waals surface area contributed by atoms with Crippen LogP contribution in [0.25, 0.3) is 10.9 Å². The summed E-state index contributed by atoms with van der Waals surface area (Å²) < 4.78 is 5.29. The number of methoxy groups -OCH3 is 1. The Morgan fingerprint density at radius 2 is 2.09 bits per heavy atom. The molecule has 0 spiro atoms. The van der Waals surface area contributed by atoms with Crippen molar-refractivity contribution in [2.75, 3.05) is 26.7 Å². The molecular weight excluding hydrogens is 402 g/mol. The number of carbonyl (C=O) groups excluding carboxylic acids is 1. The van der Waals surface area contributed by atoms with Crippen LogP contribution >= 0.6 is 0 Å². The molecule has 6 rings (SSSR count). The van der Waals surface area contributed by atoms with Crippen LogP contribution in [0.15, 0.2) is 40.8 Å². The highest BCUT2D eigenvalue weighted by molar-refractivity contribution is 5.97. The predicted octanol–water partition coefficient (Wildman–Crippen LogP) is 3.57. The summed E-state index contributed by atoms with van der Waals surface area (Å²) in [7, 11) is 1.58. The number of likely N-dealkylation sites (tertiary alicyclic amines) is 1. The first-order valence-corrected chi connectivity index (χ1v) is 12.1. The zero-order chi connectivity index (χ0) is 21.8. The fraction of sp³-hybridized carbons (Fsp3) is 0.538. The van der Waals surface area contributed by atoms with E-state index >= 15 is 0 Å². The number of nitrogens with one attached hydrogen (secondary N) is 1. The van der Waals surface area contributed by atoms with Crippen molar-refractivity contribution in [1.82, 2.24) is 14.8 Å². The van der Waals surface area contributed by atoms with E-state index in [2.05, 4.69) is 16.0 Å². The van der Waals surface area contributed by atoms with Crippen molar-refractivity contribution in [1.29, 1.82) is 0 Å². The molecule has 3 fully saturated rings. The highest BCUT2D eigenvalue weighted by Gasteiger charge is 2.47. The van der Waals surface area contributed by atoms with Gasteiger partial charge < -0.3 is 14.6 Å². The first kappa shape index (κ1) is 20.0. The average Bonchev–Trinajstić information content (AvgIpc) is 2.83. The second-order valence-electron chi connectivity index (χ2n) is 9.95. The maximum absolute atomic E-state index is 13.8. The minimum Gasteiger partial charge on any atom is -0.497 e. The van der Waals surface area contributed by atoms with Crippen LogP contribution in [0.5, 0.6) is 5.75 Å². The van der Waals surface area contributed by atoms with Gasteiger partial charge in [0, 0.05) is 36.2 Å². The van der Waals surface area contributed by atoms with Crippen molar-refractivity contribution in [3.8, 4) is 5.75 Å². The lowest BCUT2D eigenvalue weighted by Gasteiger charge is -2.54. The van der Waals surface area contributed by atoms with Gasteiger partial charge in [-0.05, 0) is 68.7 Å². The molecule has 3 saturated heterocycles. The van der Waals surface area contributed by atoms with Crippen molar-refractivity contribution in [3.63, 3.8) is 0 Å². The lowest BCUT2D eigenvalue weighted by molar-refractivity contribution is 0.00143. The molecule has 168 valence electrons. The molecule has 1 amide bonds. The summed E-state index contributed by atoms with van der Waals surface area (Å²) in [5.74, 6) is 1.59. The third-order valence-corrected chi connectivity index (χ3v) is 8.24. The Bertz CT molecular complexity index is 1150. The number of fused-ring (bicyclic) bond motifs is 7. The summed E-state index contributed by atoms with van der Waals surface area (Å²) in [6, 6.07) is 6.18. The van der Waals surface area contributed by atoms with Crippen LogP contribution in [0.3, 0.4) is 0 Å². The molecule has 4 heterocycles. The maximum Gasteiger partial charge on any atom is 0.259 e. The minimum absolute atomic E-state index is 0.134. The molecule has 3 aliphatic heterocycles. The Morgan fingerprint density at radius 1 is 1.19 bits per heavy atom. The summed E-state index contributed by atoms with van der Waals surface area (Å²) in [4.78, 5) is 34.9. The maximum atomic E-state index is 13.8. The number of hydrogen-bond acceptors (Lipinski definition) is 4. The summed E-state index contributed by atoms with van der Waals surface area (Å²) in [5, 5.41) is 0.500. The normalized spacial score (nSPS) is 29.8. The standard InChI is InChI=1S/C26H31N3O3/c1-32-19-7-8-22-20(13-19)25(30)21(14-27-22)26(31)29-10-4-5-16-11-17-12-18(24(16)29)15-28-9-3-2-6-23(17)28/h7-8,11,13-14,17-18,23-24H,2-6,9-10,12,15H2,1H3,(H,27,30)/t17-,18+,23-,24-/m1/s1. The number of rotatable bonds is 2. The molecule has 6 heteroatoms. The summed E-state index contributed by atoms with van der Waals surface area (Å²) in [6.07, 6.45) is 11.3. The zero-order valence-electron chi connectivity index (χ0n) is 18.7. The van der Waals surface area contributed by atoms with Crippen LogP contribution < -0.4 is 10.2 Å². The molecule has 0 unspecified atom stereocenters. The largest absolute Gasteiger partial charge is 0.497 e. The van der Waals surface area contributed by atoms with Gasteiger partial charge in [-0.3, -0.25) is 14.5 Å². The van der Waals surface area contributed by atoms with Crippen molar-refractivity contribution in [2.45, 2.75) is 50.6 Å². The smallest absolute Gasteiger partial charge is 0.259 e. The van der Waals surface area contributed by atoms with E-state index in [1.807, 2.05) is 17.0 Å². The number of amides is 1. The number of aromatic nitrogens is 1.